The van der Waals surface area contributed by atoms with Gasteiger partial charge in [0.1, 0.15) is 12.2 Å². The molecule has 2 aliphatic heterocycles. The number of nitrogens with one attached hydrogen (secondary N) is 2. The number of fused-ring (bicyclic) bond motifs is 1. The maximum absolute atomic E-state index is 4.14. The van der Waals surface area contributed by atoms with E-state index in [0.717, 1.165) is 24.8 Å². The van der Waals surface area contributed by atoms with Crippen LogP contribution < -0.4 is 5.32 Å². The standard InChI is InChI=1S/C12H21N5/c1-2-7-17-8-5-10(11(17)3-1)13-6-4-12-14-9-15-16-12/h9-11,13H,1-8H2,(H,14,15,16). The number of rotatable bonds is 4. The highest BCUT2D eigenvalue weighted by molar-refractivity contribution is 4.94. The monoisotopic (exact) mass is 235 g/mol. The molecule has 2 unspecified atom stereocenters. The van der Waals surface area contributed by atoms with Gasteiger partial charge in [0, 0.05) is 31.6 Å². The Balaban J connectivity index is 1.46. The van der Waals surface area contributed by atoms with Crippen LogP contribution in [0.25, 0.3) is 0 Å². The van der Waals surface area contributed by atoms with Gasteiger partial charge >= 0.3 is 0 Å². The maximum Gasteiger partial charge on any atom is 0.137 e. The fourth-order valence-electron chi connectivity index (χ4n) is 3.21. The minimum absolute atomic E-state index is 0.693. The fraction of sp³-hybridized carbons (Fsp3) is 0.833. The number of aromatic amines is 1. The molecule has 0 radical (unpaired) electrons. The third-order valence-corrected chi connectivity index (χ3v) is 4.09. The Morgan fingerprint density at radius 3 is 3.24 bits per heavy atom. The van der Waals surface area contributed by atoms with Crippen molar-refractivity contribution in [2.45, 2.75) is 44.2 Å². The molecule has 2 N–H and O–H groups in total. The van der Waals surface area contributed by atoms with Crippen molar-refractivity contribution in [2.75, 3.05) is 19.6 Å². The normalized spacial score (nSPS) is 29.4. The summed E-state index contributed by atoms with van der Waals surface area (Å²) in [5, 5.41) is 10.5. The van der Waals surface area contributed by atoms with Crippen LogP contribution in [0.15, 0.2) is 6.33 Å². The second-order valence-electron chi connectivity index (χ2n) is 5.13. The van der Waals surface area contributed by atoms with Gasteiger partial charge in [-0.05, 0) is 25.8 Å². The molecule has 2 saturated heterocycles. The van der Waals surface area contributed by atoms with Crippen LogP contribution >= 0.6 is 0 Å². The molecule has 5 heteroatoms. The van der Waals surface area contributed by atoms with Crippen molar-refractivity contribution in [3.05, 3.63) is 12.2 Å². The van der Waals surface area contributed by atoms with E-state index >= 15 is 0 Å². The average Bonchev–Trinajstić information content (AvgIpc) is 2.99. The van der Waals surface area contributed by atoms with Gasteiger partial charge < -0.3 is 5.32 Å². The van der Waals surface area contributed by atoms with Crippen LogP contribution in [-0.4, -0.2) is 51.8 Å². The largest absolute Gasteiger partial charge is 0.312 e. The zero-order chi connectivity index (χ0) is 11.5. The smallest absolute Gasteiger partial charge is 0.137 e. The summed E-state index contributed by atoms with van der Waals surface area (Å²) in [6, 6.07) is 1.48. The Labute approximate surface area is 102 Å². The molecular formula is C12H21N5. The van der Waals surface area contributed by atoms with E-state index in [9.17, 15) is 0 Å². The molecule has 1 aromatic rings. The summed E-state index contributed by atoms with van der Waals surface area (Å²) in [6.45, 7) is 3.60. The lowest BCUT2D eigenvalue weighted by Crippen LogP contribution is -2.45. The quantitative estimate of drug-likeness (QED) is 0.801. The van der Waals surface area contributed by atoms with E-state index in [0.29, 0.717) is 6.04 Å². The van der Waals surface area contributed by atoms with E-state index in [1.165, 1.54) is 38.8 Å². The van der Waals surface area contributed by atoms with Gasteiger partial charge in [0.25, 0.3) is 0 Å². The van der Waals surface area contributed by atoms with Gasteiger partial charge in [0.2, 0.25) is 0 Å². The summed E-state index contributed by atoms with van der Waals surface area (Å²) in [7, 11) is 0. The molecule has 2 atom stereocenters. The first kappa shape index (κ1) is 11.2. The van der Waals surface area contributed by atoms with Gasteiger partial charge in [0.05, 0.1) is 0 Å². The lowest BCUT2D eigenvalue weighted by molar-refractivity contribution is 0.181. The van der Waals surface area contributed by atoms with E-state index in [1.807, 2.05) is 0 Å². The highest BCUT2D eigenvalue weighted by atomic mass is 15.2. The molecule has 17 heavy (non-hydrogen) atoms. The third kappa shape index (κ3) is 2.50. The first-order chi connectivity index (χ1) is 8.43. The maximum atomic E-state index is 4.14. The summed E-state index contributed by atoms with van der Waals surface area (Å²) < 4.78 is 0. The summed E-state index contributed by atoms with van der Waals surface area (Å²) in [4.78, 5) is 6.81. The minimum Gasteiger partial charge on any atom is -0.312 e. The highest BCUT2D eigenvalue weighted by Crippen LogP contribution is 2.26. The van der Waals surface area contributed by atoms with Crippen LogP contribution in [0.2, 0.25) is 0 Å². The summed E-state index contributed by atoms with van der Waals surface area (Å²) in [5.41, 5.74) is 0. The van der Waals surface area contributed by atoms with Gasteiger partial charge in [-0.1, -0.05) is 6.42 Å². The number of hydrogen-bond acceptors (Lipinski definition) is 4. The Kier molecular flexibility index (Phi) is 3.38. The van der Waals surface area contributed by atoms with Crippen LogP contribution in [-0.2, 0) is 6.42 Å². The van der Waals surface area contributed by atoms with E-state index in [-0.39, 0.29) is 0 Å². The molecule has 1 aromatic heterocycles. The molecular weight excluding hydrogens is 214 g/mol. The molecule has 0 amide bonds. The zero-order valence-electron chi connectivity index (χ0n) is 10.2. The number of piperidine rings is 1. The van der Waals surface area contributed by atoms with Gasteiger partial charge in [-0.25, -0.2) is 4.98 Å². The molecule has 0 aromatic carbocycles. The predicted octanol–water partition coefficient (Wildman–Crippen LogP) is 0.564. The van der Waals surface area contributed by atoms with Gasteiger partial charge in [-0.3, -0.25) is 10.00 Å². The molecule has 2 aliphatic rings. The van der Waals surface area contributed by atoms with Crippen LogP contribution in [0.4, 0.5) is 0 Å². The second kappa shape index (κ2) is 5.14. The lowest BCUT2D eigenvalue weighted by Gasteiger charge is -2.32. The first-order valence-corrected chi connectivity index (χ1v) is 6.75. The fourth-order valence-corrected chi connectivity index (χ4v) is 3.21. The lowest BCUT2D eigenvalue weighted by atomic mass is 9.99. The summed E-state index contributed by atoms with van der Waals surface area (Å²) in [6.07, 6.45) is 8.00. The average molecular weight is 235 g/mol. The van der Waals surface area contributed by atoms with Crippen molar-refractivity contribution in [1.29, 1.82) is 0 Å². The molecule has 0 aliphatic carbocycles. The van der Waals surface area contributed by atoms with Crippen LogP contribution in [0, 0.1) is 0 Å². The van der Waals surface area contributed by atoms with Crippen molar-refractivity contribution in [3.8, 4) is 0 Å². The van der Waals surface area contributed by atoms with E-state index in [2.05, 4.69) is 25.4 Å². The van der Waals surface area contributed by atoms with E-state index in [1.54, 1.807) is 6.33 Å². The molecule has 0 spiro atoms. The molecule has 2 fully saturated rings. The molecule has 94 valence electrons. The van der Waals surface area contributed by atoms with Gasteiger partial charge in [0.15, 0.2) is 0 Å². The molecule has 0 bridgehead atoms. The van der Waals surface area contributed by atoms with Crippen LogP contribution in [0.1, 0.15) is 31.5 Å². The van der Waals surface area contributed by atoms with Crippen LogP contribution in [0.3, 0.4) is 0 Å². The predicted molar refractivity (Wildman–Crippen MR) is 65.7 cm³/mol. The Morgan fingerprint density at radius 1 is 1.35 bits per heavy atom. The van der Waals surface area contributed by atoms with Crippen molar-refractivity contribution in [1.82, 2.24) is 25.4 Å². The second-order valence-corrected chi connectivity index (χ2v) is 5.13. The molecule has 0 saturated carbocycles. The topological polar surface area (TPSA) is 56.8 Å². The SMILES string of the molecule is c1n[nH]c(CCNC2CCN3CCCCC23)n1. The number of hydrogen-bond donors (Lipinski definition) is 2. The minimum atomic E-state index is 0.693. The summed E-state index contributed by atoms with van der Waals surface area (Å²) in [5.74, 6) is 0.982. The van der Waals surface area contributed by atoms with E-state index < -0.39 is 0 Å². The summed E-state index contributed by atoms with van der Waals surface area (Å²) >= 11 is 0. The van der Waals surface area contributed by atoms with Crippen LogP contribution in [0.5, 0.6) is 0 Å². The highest BCUT2D eigenvalue weighted by Gasteiger charge is 2.34. The Morgan fingerprint density at radius 2 is 2.35 bits per heavy atom. The van der Waals surface area contributed by atoms with E-state index in [4.69, 9.17) is 0 Å². The number of H-pyrrole nitrogens is 1. The third-order valence-electron chi connectivity index (χ3n) is 4.09. The van der Waals surface area contributed by atoms with Crippen molar-refractivity contribution in [3.63, 3.8) is 0 Å². The van der Waals surface area contributed by atoms with Crippen molar-refractivity contribution >= 4 is 0 Å². The van der Waals surface area contributed by atoms with Gasteiger partial charge in [-0.2, -0.15) is 5.10 Å². The Bertz CT molecular complexity index is 337. The molecule has 5 nitrogen and oxygen atoms in total. The Hall–Kier alpha value is -0.940. The molecule has 3 rings (SSSR count). The number of aromatic nitrogens is 3. The van der Waals surface area contributed by atoms with Crippen molar-refractivity contribution in [2.24, 2.45) is 0 Å². The first-order valence-electron chi connectivity index (χ1n) is 6.75. The van der Waals surface area contributed by atoms with Crippen molar-refractivity contribution < 1.29 is 0 Å². The zero-order valence-corrected chi connectivity index (χ0v) is 10.2. The van der Waals surface area contributed by atoms with Gasteiger partial charge in [-0.15, -0.1) is 0 Å². The molecule has 3 heterocycles. The number of nitrogens with zero attached hydrogens (tertiary/aromatic N) is 3.